The van der Waals surface area contributed by atoms with Crippen molar-refractivity contribution in [3.05, 3.63) is 29.6 Å². The van der Waals surface area contributed by atoms with E-state index in [4.69, 9.17) is 10.00 Å². The minimum atomic E-state index is 0.393. The molecule has 0 aliphatic rings. The summed E-state index contributed by atoms with van der Waals surface area (Å²) in [5.74, 6) is 0. The predicted molar refractivity (Wildman–Crippen MR) is 39.7 cm³/mol. The van der Waals surface area contributed by atoms with Crippen LogP contribution in [0, 0.1) is 11.3 Å². The smallest absolute Gasteiger partial charge is 0.101 e. The molecule has 0 saturated heterocycles. The molecule has 0 fully saturated rings. The summed E-state index contributed by atoms with van der Waals surface area (Å²) >= 11 is 0. The van der Waals surface area contributed by atoms with Crippen molar-refractivity contribution >= 4 is 0 Å². The third kappa shape index (κ3) is 1.76. The Balaban J connectivity index is 2.95. The number of ether oxygens (including phenoxy) is 1. The number of methoxy groups -OCH3 is 1. The van der Waals surface area contributed by atoms with Crippen molar-refractivity contribution in [3.63, 3.8) is 0 Å². The van der Waals surface area contributed by atoms with Crippen LogP contribution in [0.1, 0.15) is 11.3 Å². The quantitative estimate of drug-likeness (QED) is 0.630. The van der Waals surface area contributed by atoms with Gasteiger partial charge in [-0.05, 0) is 12.1 Å². The Hall–Kier alpha value is -1.40. The average molecular weight is 148 g/mol. The van der Waals surface area contributed by atoms with Gasteiger partial charge in [0.1, 0.15) is 6.07 Å². The maximum atomic E-state index is 8.60. The third-order valence-electron chi connectivity index (χ3n) is 1.29. The number of rotatable bonds is 2. The Morgan fingerprint density at radius 1 is 1.73 bits per heavy atom. The van der Waals surface area contributed by atoms with Crippen LogP contribution in [0.15, 0.2) is 18.3 Å². The molecule has 11 heavy (non-hydrogen) atoms. The van der Waals surface area contributed by atoms with E-state index in [0.717, 1.165) is 0 Å². The molecule has 1 aromatic heterocycles. The highest BCUT2D eigenvalue weighted by Crippen LogP contribution is 2.03. The van der Waals surface area contributed by atoms with E-state index < -0.39 is 0 Å². The van der Waals surface area contributed by atoms with E-state index in [-0.39, 0.29) is 0 Å². The van der Waals surface area contributed by atoms with Crippen molar-refractivity contribution in [1.29, 1.82) is 5.26 Å². The fraction of sp³-hybridized carbons (Fsp3) is 0.250. The molecule has 1 rings (SSSR count). The van der Waals surface area contributed by atoms with Crippen LogP contribution in [0.25, 0.3) is 0 Å². The van der Waals surface area contributed by atoms with E-state index in [1.807, 2.05) is 6.07 Å². The second kappa shape index (κ2) is 3.69. The first-order valence-electron chi connectivity index (χ1n) is 3.21. The maximum absolute atomic E-state index is 8.60. The van der Waals surface area contributed by atoms with Crippen molar-refractivity contribution in [2.24, 2.45) is 0 Å². The number of aromatic nitrogens is 1. The van der Waals surface area contributed by atoms with Gasteiger partial charge in [-0.2, -0.15) is 5.26 Å². The summed E-state index contributed by atoms with van der Waals surface area (Å²) in [4.78, 5) is 3.99. The van der Waals surface area contributed by atoms with Gasteiger partial charge in [0.2, 0.25) is 0 Å². The number of nitrogens with zero attached hydrogens (tertiary/aromatic N) is 2. The second-order valence-electron chi connectivity index (χ2n) is 2.04. The van der Waals surface area contributed by atoms with E-state index in [2.05, 4.69) is 4.98 Å². The molecule has 3 heteroatoms. The van der Waals surface area contributed by atoms with E-state index in [1.54, 1.807) is 25.4 Å². The molecule has 0 spiro atoms. The lowest BCUT2D eigenvalue weighted by Gasteiger charge is -1.98. The third-order valence-corrected chi connectivity index (χ3v) is 1.29. The monoisotopic (exact) mass is 148 g/mol. The minimum absolute atomic E-state index is 0.393. The molecule has 0 N–H and O–H groups in total. The molecular weight excluding hydrogens is 140 g/mol. The zero-order valence-corrected chi connectivity index (χ0v) is 6.24. The predicted octanol–water partition coefficient (Wildman–Crippen LogP) is 1.10. The maximum Gasteiger partial charge on any atom is 0.101 e. The number of hydrogen-bond acceptors (Lipinski definition) is 3. The van der Waals surface area contributed by atoms with Gasteiger partial charge in [-0.1, -0.05) is 0 Å². The van der Waals surface area contributed by atoms with Gasteiger partial charge in [-0.25, -0.2) is 0 Å². The molecule has 0 bridgehead atoms. The van der Waals surface area contributed by atoms with Gasteiger partial charge < -0.3 is 4.74 Å². The number of pyridine rings is 1. The summed E-state index contributed by atoms with van der Waals surface area (Å²) in [6, 6.07) is 5.50. The highest BCUT2D eigenvalue weighted by molar-refractivity contribution is 5.31. The summed E-state index contributed by atoms with van der Waals surface area (Å²) in [6.45, 7) is 0.393. The van der Waals surface area contributed by atoms with Gasteiger partial charge in [0.15, 0.2) is 0 Å². The highest BCUT2D eigenvalue weighted by Gasteiger charge is 1.99. The Kier molecular flexibility index (Phi) is 2.59. The molecule has 56 valence electrons. The largest absolute Gasteiger partial charge is 0.378 e. The Bertz CT molecular complexity index is 278. The van der Waals surface area contributed by atoms with Crippen molar-refractivity contribution in [2.75, 3.05) is 7.11 Å². The molecule has 0 aromatic carbocycles. The van der Waals surface area contributed by atoms with Crippen LogP contribution < -0.4 is 0 Å². The molecular formula is C8H8N2O. The Labute approximate surface area is 65.3 Å². The topological polar surface area (TPSA) is 45.9 Å². The van der Waals surface area contributed by atoms with Gasteiger partial charge in [0.05, 0.1) is 17.9 Å². The Morgan fingerprint density at radius 2 is 2.55 bits per heavy atom. The van der Waals surface area contributed by atoms with Crippen LogP contribution in [0.5, 0.6) is 0 Å². The zero-order valence-electron chi connectivity index (χ0n) is 6.24. The van der Waals surface area contributed by atoms with Crippen LogP contribution in [0.2, 0.25) is 0 Å². The van der Waals surface area contributed by atoms with Gasteiger partial charge in [-0.3, -0.25) is 4.98 Å². The fourth-order valence-electron chi connectivity index (χ4n) is 0.792. The summed E-state index contributed by atoms with van der Waals surface area (Å²) in [5, 5.41) is 8.60. The van der Waals surface area contributed by atoms with Crippen LogP contribution >= 0.6 is 0 Å². The summed E-state index contributed by atoms with van der Waals surface area (Å²) in [7, 11) is 1.58. The van der Waals surface area contributed by atoms with Gasteiger partial charge in [0.25, 0.3) is 0 Å². The number of nitriles is 1. The molecule has 0 radical (unpaired) electrons. The fourth-order valence-corrected chi connectivity index (χ4v) is 0.792. The highest BCUT2D eigenvalue weighted by atomic mass is 16.5. The first-order chi connectivity index (χ1) is 5.38. The summed E-state index contributed by atoms with van der Waals surface area (Å²) < 4.78 is 4.86. The second-order valence-corrected chi connectivity index (χ2v) is 2.04. The molecule has 0 aliphatic carbocycles. The van der Waals surface area contributed by atoms with Gasteiger partial charge >= 0.3 is 0 Å². The average Bonchev–Trinajstić information content (AvgIpc) is 2.06. The SMILES string of the molecule is COCc1ncccc1C#N. The molecule has 0 amide bonds. The van der Waals surface area contributed by atoms with Crippen LogP contribution in [-0.2, 0) is 11.3 Å². The van der Waals surface area contributed by atoms with Crippen LogP contribution in [-0.4, -0.2) is 12.1 Å². The van der Waals surface area contributed by atoms with E-state index in [0.29, 0.717) is 17.9 Å². The molecule has 0 saturated carbocycles. The summed E-state index contributed by atoms with van der Waals surface area (Å²) in [6.07, 6.45) is 1.65. The van der Waals surface area contributed by atoms with Crippen molar-refractivity contribution < 1.29 is 4.74 Å². The van der Waals surface area contributed by atoms with E-state index >= 15 is 0 Å². The van der Waals surface area contributed by atoms with Crippen LogP contribution in [0.3, 0.4) is 0 Å². The first-order valence-corrected chi connectivity index (χ1v) is 3.21. The van der Waals surface area contributed by atoms with Crippen molar-refractivity contribution in [2.45, 2.75) is 6.61 Å². The molecule has 0 aliphatic heterocycles. The number of hydrogen-bond donors (Lipinski definition) is 0. The molecule has 1 aromatic rings. The van der Waals surface area contributed by atoms with Crippen LogP contribution in [0.4, 0.5) is 0 Å². The lowest BCUT2D eigenvalue weighted by atomic mass is 10.2. The normalized spacial score (nSPS) is 9.09. The van der Waals surface area contributed by atoms with Crippen molar-refractivity contribution in [1.82, 2.24) is 4.98 Å². The zero-order chi connectivity index (χ0) is 8.10. The van der Waals surface area contributed by atoms with Gasteiger partial charge in [-0.15, -0.1) is 0 Å². The minimum Gasteiger partial charge on any atom is -0.378 e. The molecule has 0 unspecified atom stereocenters. The van der Waals surface area contributed by atoms with Crippen molar-refractivity contribution in [3.8, 4) is 6.07 Å². The first kappa shape index (κ1) is 7.70. The van der Waals surface area contributed by atoms with E-state index in [1.165, 1.54) is 0 Å². The molecule has 3 nitrogen and oxygen atoms in total. The lowest BCUT2D eigenvalue weighted by molar-refractivity contribution is 0.181. The molecule has 1 heterocycles. The summed E-state index contributed by atoms with van der Waals surface area (Å²) in [5.41, 5.74) is 1.27. The van der Waals surface area contributed by atoms with E-state index in [9.17, 15) is 0 Å². The van der Waals surface area contributed by atoms with Gasteiger partial charge in [0, 0.05) is 13.3 Å². The Morgan fingerprint density at radius 3 is 3.18 bits per heavy atom. The standard InChI is InChI=1S/C8H8N2O/c1-11-6-8-7(5-9)3-2-4-10-8/h2-4H,6H2,1H3. The lowest BCUT2D eigenvalue weighted by Crippen LogP contribution is -1.94. The molecule has 0 atom stereocenters.